The number of alkyl halides is 9. The van der Waals surface area contributed by atoms with Crippen molar-refractivity contribution in [1.29, 1.82) is 0 Å². The smallest absolute Gasteiger partial charge is 0.444 e. The topological polar surface area (TPSA) is 85.9 Å². The maximum atomic E-state index is 14.2. The van der Waals surface area contributed by atoms with Crippen LogP contribution in [0.5, 0.6) is 5.75 Å². The molecule has 0 unspecified atom stereocenters. The van der Waals surface area contributed by atoms with Crippen molar-refractivity contribution in [2.75, 3.05) is 10.6 Å². The third-order valence-corrected chi connectivity index (χ3v) is 5.69. The van der Waals surface area contributed by atoms with Gasteiger partial charge in [0.05, 0.1) is 11.4 Å². The predicted octanol–water partition coefficient (Wildman–Crippen LogP) is 9.14. The molecule has 0 aromatic heterocycles. The quantitative estimate of drug-likeness (QED) is 0.157. The highest BCUT2D eigenvalue weighted by Crippen LogP contribution is 2.55. The molecule has 46 heavy (non-hydrogen) atoms. The number of allylic oxidation sites excluding steroid dienone is 1. The van der Waals surface area contributed by atoms with E-state index in [0.717, 1.165) is 6.07 Å². The summed E-state index contributed by atoms with van der Waals surface area (Å²) in [6.07, 6.45) is -9.66. The lowest BCUT2D eigenvalue weighted by Crippen LogP contribution is -2.61. The fourth-order valence-corrected chi connectivity index (χ4v) is 3.32. The van der Waals surface area contributed by atoms with Gasteiger partial charge in [-0.25, -0.2) is 9.59 Å². The Morgan fingerprint density at radius 1 is 0.609 bits per heavy atom. The van der Waals surface area contributed by atoms with Crippen molar-refractivity contribution in [2.45, 2.75) is 37.2 Å². The number of anilines is 2. The van der Waals surface area contributed by atoms with Crippen LogP contribution in [0, 0.1) is 0 Å². The summed E-state index contributed by atoms with van der Waals surface area (Å²) in [6, 6.07) is 14.8. The Morgan fingerprint density at radius 2 is 1.07 bits per heavy atom. The van der Waals surface area contributed by atoms with Gasteiger partial charge in [0.25, 0.3) is 0 Å². The number of halogens is 11. The van der Waals surface area contributed by atoms with E-state index in [9.17, 15) is 57.9 Å². The summed E-state index contributed by atoms with van der Waals surface area (Å²) in [7, 11) is 0. The molecule has 0 aliphatic heterocycles. The molecule has 0 saturated carbocycles. The van der Waals surface area contributed by atoms with Gasteiger partial charge in [-0.15, -0.1) is 0 Å². The summed E-state index contributed by atoms with van der Waals surface area (Å²) < 4.78 is 160. The van der Waals surface area contributed by atoms with Gasteiger partial charge in [-0.05, 0) is 23.3 Å². The molecule has 0 heterocycles. The lowest BCUT2D eigenvalue weighted by molar-refractivity contribution is -0.392. The highest BCUT2D eigenvalue weighted by atomic mass is 19.4. The Hall–Kier alpha value is -5.03. The number of hydrogen-bond donors (Lipinski definition) is 2. The van der Waals surface area contributed by atoms with E-state index in [1.165, 1.54) is 0 Å². The van der Waals surface area contributed by atoms with Crippen LogP contribution in [0.15, 0.2) is 90.7 Å². The second-order valence-corrected chi connectivity index (χ2v) is 8.99. The van der Waals surface area contributed by atoms with Gasteiger partial charge in [-0.3, -0.25) is 10.6 Å². The first-order valence-electron chi connectivity index (χ1n) is 12.4. The second-order valence-electron chi connectivity index (χ2n) is 8.99. The molecule has 0 spiro atoms. The molecule has 0 aliphatic carbocycles. The van der Waals surface area contributed by atoms with E-state index in [4.69, 9.17) is 9.47 Å². The Morgan fingerprint density at radius 3 is 1.52 bits per heavy atom. The number of ether oxygens (including phenoxy) is 3. The molecular formula is C28H19F11N2O5. The van der Waals surface area contributed by atoms with Crippen LogP contribution in [0.1, 0.15) is 11.1 Å². The maximum absolute atomic E-state index is 14.2. The zero-order chi connectivity index (χ0) is 34.3. The van der Waals surface area contributed by atoms with Gasteiger partial charge in [0, 0.05) is 6.07 Å². The Kier molecular flexibility index (Phi) is 10.7. The third kappa shape index (κ3) is 8.16. The molecule has 0 bridgehead atoms. The van der Waals surface area contributed by atoms with Crippen molar-refractivity contribution >= 4 is 23.6 Å². The van der Waals surface area contributed by atoms with Crippen molar-refractivity contribution < 1.29 is 72.1 Å². The molecule has 3 aromatic rings. The number of benzene rings is 3. The van der Waals surface area contributed by atoms with Crippen LogP contribution in [0.2, 0.25) is 0 Å². The predicted molar refractivity (Wildman–Crippen MR) is 138 cm³/mol. The number of carbonyl (C=O) groups excluding carboxylic acids is 2. The van der Waals surface area contributed by atoms with Crippen molar-refractivity contribution in [1.82, 2.24) is 0 Å². The van der Waals surface area contributed by atoms with Crippen LogP contribution in [0.25, 0.3) is 0 Å². The van der Waals surface area contributed by atoms with Gasteiger partial charge in [-0.1, -0.05) is 60.7 Å². The molecule has 248 valence electrons. The molecule has 2 N–H and O–H groups in total. The Balaban J connectivity index is 1.87. The van der Waals surface area contributed by atoms with Crippen molar-refractivity contribution in [2.24, 2.45) is 0 Å². The summed E-state index contributed by atoms with van der Waals surface area (Å²) in [4.78, 5) is 24.7. The summed E-state index contributed by atoms with van der Waals surface area (Å²) in [5.41, 5.74) is 0.118. The second kappa shape index (κ2) is 13.9. The molecule has 18 heteroatoms. The zero-order valence-corrected chi connectivity index (χ0v) is 22.6. The molecule has 0 radical (unpaired) electrons. The normalized spacial score (nSPS) is 12.9. The minimum absolute atomic E-state index is 0.239. The zero-order valence-electron chi connectivity index (χ0n) is 22.6. The minimum atomic E-state index is -7.51. The fourth-order valence-electron chi connectivity index (χ4n) is 3.32. The standard InChI is InChI=1S/C28H19F11N2O5/c29-21(25(31,32)26(33,34)27(35,36)28(37,38)39)22(30)46-18-11-12-19(40-23(42)44-14-16-7-3-1-4-8-16)20(13-18)41-24(43)45-15-17-9-5-2-6-10-17/h1-13H,14-15H2,(H,40,42)(H,41,43). The lowest BCUT2D eigenvalue weighted by atomic mass is 10.0. The van der Waals surface area contributed by atoms with Crippen molar-refractivity contribution in [3.8, 4) is 5.75 Å². The summed E-state index contributed by atoms with van der Waals surface area (Å²) >= 11 is 0. The number of nitrogens with one attached hydrogen (secondary N) is 2. The number of rotatable bonds is 11. The van der Waals surface area contributed by atoms with Crippen molar-refractivity contribution in [3.05, 3.63) is 102 Å². The molecule has 3 aromatic carbocycles. The van der Waals surface area contributed by atoms with Gasteiger partial charge < -0.3 is 14.2 Å². The molecule has 3 rings (SSSR count). The lowest BCUT2D eigenvalue weighted by Gasteiger charge is -2.32. The summed E-state index contributed by atoms with van der Waals surface area (Å²) in [5.74, 6) is -27.3. The molecule has 2 amide bonds. The van der Waals surface area contributed by atoms with E-state index < -0.39 is 59.4 Å². The van der Waals surface area contributed by atoms with Crippen LogP contribution in [-0.2, 0) is 22.7 Å². The monoisotopic (exact) mass is 672 g/mol. The van der Waals surface area contributed by atoms with Crippen LogP contribution in [0.4, 0.5) is 69.3 Å². The summed E-state index contributed by atoms with van der Waals surface area (Å²) in [6.45, 7) is -0.545. The number of hydrogen-bond acceptors (Lipinski definition) is 5. The van der Waals surface area contributed by atoms with E-state index in [1.807, 2.05) is 0 Å². The molecule has 0 aliphatic rings. The first-order valence-corrected chi connectivity index (χ1v) is 12.4. The molecule has 0 atom stereocenters. The van der Waals surface area contributed by atoms with Crippen LogP contribution in [0.3, 0.4) is 0 Å². The minimum Gasteiger partial charge on any atom is -0.444 e. The molecular weight excluding hydrogens is 653 g/mol. The Bertz CT molecular complexity index is 1550. The maximum Gasteiger partial charge on any atom is 0.460 e. The largest absolute Gasteiger partial charge is 0.460 e. The number of amides is 2. The molecule has 7 nitrogen and oxygen atoms in total. The highest BCUT2D eigenvalue weighted by molar-refractivity contribution is 5.95. The van der Waals surface area contributed by atoms with Crippen molar-refractivity contribution in [3.63, 3.8) is 0 Å². The first kappa shape index (κ1) is 35.4. The van der Waals surface area contributed by atoms with E-state index in [0.29, 0.717) is 23.3 Å². The van der Waals surface area contributed by atoms with Crippen LogP contribution >= 0.6 is 0 Å². The van der Waals surface area contributed by atoms with Gasteiger partial charge >= 0.3 is 42.1 Å². The average Bonchev–Trinajstić information content (AvgIpc) is 3.00. The van der Waals surface area contributed by atoms with E-state index >= 15 is 0 Å². The fraction of sp³-hybridized carbons (Fsp3) is 0.214. The van der Waals surface area contributed by atoms with E-state index in [-0.39, 0.29) is 18.9 Å². The Labute approximate surface area is 251 Å². The third-order valence-electron chi connectivity index (χ3n) is 5.69. The highest BCUT2D eigenvalue weighted by Gasteiger charge is 2.83. The van der Waals surface area contributed by atoms with Gasteiger partial charge in [-0.2, -0.15) is 48.3 Å². The van der Waals surface area contributed by atoms with Crippen LogP contribution in [-0.4, -0.2) is 36.1 Å². The number of carbonyl (C=O) groups is 2. The average molecular weight is 672 g/mol. The van der Waals surface area contributed by atoms with E-state index in [2.05, 4.69) is 15.4 Å². The van der Waals surface area contributed by atoms with E-state index in [1.54, 1.807) is 60.7 Å². The summed E-state index contributed by atoms with van der Waals surface area (Å²) in [5, 5.41) is 4.22. The van der Waals surface area contributed by atoms with Gasteiger partial charge in [0.1, 0.15) is 19.0 Å². The SMILES string of the molecule is O=C(Nc1ccc(OC(F)=C(F)C(F)(F)C(F)(F)C(F)(F)C(F)(F)F)cc1NC(=O)OCc1ccccc1)OCc1ccccc1. The van der Waals surface area contributed by atoms with Gasteiger partial charge in [0.2, 0.25) is 5.83 Å². The molecule has 0 fully saturated rings. The molecule has 0 saturated heterocycles. The van der Waals surface area contributed by atoms with Gasteiger partial charge in [0.15, 0.2) is 0 Å². The van der Waals surface area contributed by atoms with Crippen LogP contribution < -0.4 is 15.4 Å². The first-order chi connectivity index (χ1) is 21.4.